The SMILES string of the molecule is CN(c1ccncc1)c1ccc(Cl)cc1. The van der Waals surface area contributed by atoms with Crippen molar-refractivity contribution in [2.45, 2.75) is 0 Å². The molecule has 1 aromatic carbocycles. The van der Waals surface area contributed by atoms with Gasteiger partial charge in [0.15, 0.2) is 0 Å². The van der Waals surface area contributed by atoms with Gasteiger partial charge in [-0.1, -0.05) is 11.6 Å². The van der Waals surface area contributed by atoms with E-state index in [2.05, 4.69) is 9.88 Å². The van der Waals surface area contributed by atoms with E-state index in [1.54, 1.807) is 12.4 Å². The molecule has 0 atom stereocenters. The van der Waals surface area contributed by atoms with E-state index in [1.807, 2.05) is 43.4 Å². The van der Waals surface area contributed by atoms with Gasteiger partial charge in [-0.2, -0.15) is 0 Å². The lowest BCUT2D eigenvalue weighted by molar-refractivity contribution is 1.19. The third-order valence-corrected chi connectivity index (χ3v) is 2.52. The normalized spacial score (nSPS) is 10.0. The van der Waals surface area contributed by atoms with Gasteiger partial charge >= 0.3 is 0 Å². The molecule has 1 heterocycles. The Hall–Kier alpha value is -1.54. The summed E-state index contributed by atoms with van der Waals surface area (Å²) >= 11 is 5.83. The first-order valence-corrected chi connectivity index (χ1v) is 5.04. The Labute approximate surface area is 94.1 Å². The van der Waals surface area contributed by atoms with Crippen LogP contribution in [0.25, 0.3) is 0 Å². The molecule has 0 fully saturated rings. The number of rotatable bonds is 2. The van der Waals surface area contributed by atoms with Gasteiger partial charge in [0, 0.05) is 35.8 Å². The van der Waals surface area contributed by atoms with Crippen LogP contribution in [0.15, 0.2) is 48.8 Å². The highest BCUT2D eigenvalue weighted by molar-refractivity contribution is 6.30. The molecule has 0 saturated carbocycles. The number of hydrogen-bond acceptors (Lipinski definition) is 2. The smallest absolute Gasteiger partial charge is 0.0438 e. The Kier molecular flexibility index (Phi) is 2.88. The third kappa shape index (κ3) is 2.28. The zero-order chi connectivity index (χ0) is 10.7. The second-order valence-corrected chi connectivity index (χ2v) is 3.68. The number of hydrogen-bond donors (Lipinski definition) is 0. The largest absolute Gasteiger partial charge is 0.345 e. The first-order valence-electron chi connectivity index (χ1n) is 4.67. The Morgan fingerprint density at radius 2 is 1.47 bits per heavy atom. The summed E-state index contributed by atoms with van der Waals surface area (Å²) in [5.41, 5.74) is 2.21. The number of pyridine rings is 1. The summed E-state index contributed by atoms with van der Waals surface area (Å²) in [6.45, 7) is 0. The number of halogens is 1. The first kappa shape index (κ1) is 9.99. The summed E-state index contributed by atoms with van der Waals surface area (Å²) < 4.78 is 0. The van der Waals surface area contributed by atoms with Gasteiger partial charge in [-0.15, -0.1) is 0 Å². The summed E-state index contributed by atoms with van der Waals surface area (Å²) in [6, 6.07) is 11.7. The Balaban J connectivity index is 2.29. The Morgan fingerprint density at radius 3 is 2.07 bits per heavy atom. The molecule has 0 bridgehead atoms. The van der Waals surface area contributed by atoms with Crippen LogP contribution in [-0.4, -0.2) is 12.0 Å². The van der Waals surface area contributed by atoms with Crippen LogP contribution in [0, 0.1) is 0 Å². The zero-order valence-electron chi connectivity index (χ0n) is 8.39. The first-order chi connectivity index (χ1) is 7.27. The molecule has 0 spiro atoms. The van der Waals surface area contributed by atoms with Crippen molar-refractivity contribution in [1.29, 1.82) is 0 Å². The summed E-state index contributed by atoms with van der Waals surface area (Å²) in [5, 5.41) is 0.752. The summed E-state index contributed by atoms with van der Waals surface area (Å²) in [4.78, 5) is 6.07. The van der Waals surface area contributed by atoms with E-state index >= 15 is 0 Å². The van der Waals surface area contributed by atoms with Gasteiger partial charge in [-0.25, -0.2) is 0 Å². The predicted molar refractivity (Wildman–Crippen MR) is 63.8 cm³/mol. The molecule has 0 aliphatic heterocycles. The van der Waals surface area contributed by atoms with E-state index in [1.165, 1.54) is 0 Å². The van der Waals surface area contributed by atoms with Crippen molar-refractivity contribution in [3.8, 4) is 0 Å². The van der Waals surface area contributed by atoms with Crippen LogP contribution < -0.4 is 4.90 Å². The highest BCUT2D eigenvalue weighted by Crippen LogP contribution is 2.23. The Morgan fingerprint density at radius 1 is 0.933 bits per heavy atom. The van der Waals surface area contributed by atoms with Gasteiger partial charge < -0.3 is 4.90 Å². The molecule has 0 unspecified atom stereocenters. The van der Waals surface area contributed by atoms with Crippen LogP contribution >= 0.6 is 11.6 Å². The van der Waals surface area contributed by atoms with Crippen molar-refractivity contribution in [3.05, 3.63) is 53.8 Å². The maximum Gasteiger partial charge on any atom is 0.0438 e. The molecule has 2 aromatic rings. The van der Waals surface area contributed by atoms with Crippen LogP contribution in [0.5, 0.6) is 0 Å². The van der Waals surface area contributed by atoms with E-state index < -0.39 is 0 Å². The molecule has 0 N–H and O–H groups in total. The van der Waals surface area contributed by atoms with E-state index in [0.717, 1.165) is 16.4 Å². The van der Waals surface area contributed by atoms with Gasteiger partial charge in [0.05, 0.1) is 0 Å². The fraction of sp³-hybridized carbons (Fsp3) is 0.0833. The molecule has 15 heavy (non-hydrogen) atoms. The van der Waals surface area contributed by atoms with Gasteiger partial charge in [-0.3, -0.25) is 4.98 Å². The van der Waals surface area contributed by atoms with Gasteiger partial charge in [-0.05, 0) is 36.4 Å². The molecule has 2 nitrogen and oxygen atoms in total. The van der Waals surface area contributed by atoms with Crippen LogP contribution in [0.1, 0.15) is 0 Å². The van der Waals surface area contributed by atoms with Crippen molar-refractivity contribution in [2.24, 2.45) is 0 Å². The van der Waals surface area contributed by atoms with Gasteiger partial charge in [0.25, 0.3) is 0 Å². The third-order valence-electron chi connectivity index (χ3n) is 2.26. The molecule has 0 amide bonds. The molecule has 0 saturated heterocycles. The lowest BCUT2D eigenvalue weighted by Gasteiger charge is -2.18. The number of benzene rings is 1. The number of anilines is 2. The van der Waals surface area contributed by atoms with Crippen LogP contribution in [-0.2, 0) is 0 Å². The van der Waals surface area contributed by atoms with Crippen molar-refractivity contribution < 1.29 is 0 Å². The minimum atomic E-state index is 0.752. The van der Waals surface area contributed by atoms with Crippen LogP contribution in [0.3, 0.4) is 0 Å². The monoisotopic (exact) mass is 218 g/mol. The fourth-order valence-corrected chi connectivity index (χ4v) is 1.51. The van der Waals surface area contributed by atoms with Gasteiger partial charge in [0.1, 0.15) is 0 Å². The van der Waals surface area contributed by atoms with Crippen LogP contribution in [0.2, 0.25) is 5.02 Å². The van der Waals surface area contributed by atoms with Crippen molar-refractivity contribution in [1.82, 2.24) is 4.98 Å². The topological polar surface area (TPSA) is 16.1 Å². The zero-order valence-corrected chi connectivity index (χ0v) is 9.15. The minimum absolute atomic E-state index is 0.752. The van der Waals surface area contributed by atoms with Crippen molar-refractivity contribution in [3.63, 3.8) is 0 Å². The second-order valence-electron chi connectivity index (χ2n) is 3.24. The fourth-order valence-electron chi connectivity index (χ4n) is 1.38. The maximum absolute atomic E-state index is 5.83. The summed E-state index contributed by atoms with van der Waals surface area (Å²) in [5.74, 6) is 0. The van der Waals surface area contributed by atoms with E-state index in [4.69, 9.17) is 11.6 Å². The summed E-state index contributed by atoms with van der Waals surface area (Å²) in [7, 11) is 2.01. The highest BCUT2D eigenvalue weighted by atomic mass is 35.5. The Bertz CT molecular complexity index is 425. The molecule has 0 radical (unpaired) electrons. The van der Waals surface area contributed by atoms with Gasteiger partial charge in [0.2, 0.25) is 0 Å². The predicted octanol–water partition coefficient (Wildman–Crippen LogP) is 3.50. The number of aromatic nitrogens is 1. The molecule has 0 aliphatic carbocycles. The molecule has 2 rings (SSSR count). The van der Waals surface area contributed by atoms with E-state index in [0.29, 0.717) is 0 Å². The standard InChI is InChI=1S/C12H11ClN2/c1-15(12-6-8-14-9-7-12)11-4-2-10(13)3-5-11/h2-9H,1H3. The average molecular weight is 219 g/mol. The van der Waals surface area contributed by atoms with E-state index in [-0.39, 0.29) is 0 Å². The quantitative estimate of drug-likeness (QED) is 0.767. The van der Waals surface area contributed by atoms with E-state index in [9.17, 15) is 0 Å². The lowest BCUT2D eigenvalue weighted by Crippen LogP contribution is -2.08. The summed E-state index contributed by atoms with van der Waals surface area (Å²) in [6.07, 6.45) is 3.56. The average Bonchev–Trinajstić information content (AvgIpc) is 2.30. The lowest BCUT2D eigenvalue weighted by atomic mass is 10.2. The van der Waals surface area contributed by atoms with Crippen molar-refractivity contribution >= 4 is 23.0 Å². The maximum atomic E-state index is 5.83. The molecule has 0 aliphatic rings. The van der Waals surface area contributed by atoms with Crippen molar-refractivity contribution in [2.75, 3.05) is 11.9 Å². The highest BCUT2D eigenvalue weighted by Gasteiger charge is 2.02. The second kappa shape index (κ2) is 4.32. The molecular weight excluding hydrogens is 208 g/mol. The number of nitrogens with zero attached hydrogens (tertiary/aromatic N) is 2. The minimum Gasteiger partial charge on any atom is -0.345 e. The molecule has 3 heteroatoms. The molecule has 76 valence electrons. The molecule has 1 aromatic heterocycles. The molecular formula is C12H11ClN2. The van der Waals surface area contributed by atoms with Crippen LogP contribution in [0.4, 0.5) is 11.4 Å².